The highest BCUT2D eigenvalue weighted by molar-refractivity contribution is 5.94. The van der Waals surface area contributed by atoms with Crippen LogP contribution >= 0.6 is 0 Å². The number of nitrogens with zero attached hydrogens (tertiary/aromatic N) is 5. The van der Waals surface area contributed by atoms with Gasteiger partial charge < -0.3 is 15.0 Å². The van der Waals surface area contributed by atoms with Gasteiger partial charge in [-0.05, 0) is 67.4 Å². The Bertz CT molecular complexity index is 751. The molecule has 4 rings (SSSR count). The van der Waals surface area contributed by atoms with Crippen molar-refractivity contribution in [1.29, 1.82) is 0 Å². The molecule has 2 aliphatic rings. The predicted molar refractivity (Wildman–Crippen MR) is 99.6 cm³/mol. The molecule has 1 aromatic heterocycles. The standard InChI is InChI=1S/C19H26N6O2/c26-18(16-4-3-5-17(12-16)25-15-21-22-23-25)20-13-19(6-10-27-11-7-19)14-24-8-1-2-9-24/h3-5,12,15H,1-2,6-11,13-14H2,(H,20,26). The second kappa shape index (κ2) is 8.14. The molecule has 0 bridgehead atoms. The van der Waals surface area contributed by atoms with E-state index in [0.717, 1.165) is 38.3 Å². The van der Waals surface area contributed by atoms with Crippen LogP contribution in [0, 0.1) is 5.41 Å². The molecular weight excluding hydrogens is 344 g/mol. The van der Waals surface area contributed by atoms with Gasteiger partial charge in [0.15, 0.2) is 0 Å². The number of carbonyl (C=O) groups is 1. The molecule has 0 radical (unpaired) electrons. The molecule has 0 atom stereocenters. The molecule has 3 heterocycles. The lowest BCUT2D eigenvalue weighted by Gasteiger charge is -2.40. The van der Waals surface area contributed by atoms with E-state index >= 15 is 0 Å². The third-order valence-electron chi connectivity index (χ3n) is 5.66. The Morgan fingerprint density at radius 1 is 1.22 bits per heavy atom. The van der Waals surface area contributed by atoms with Gasteiger partial charge in [-0.3, -0.25) is 4.79 Å². The van der Waals surface area contributed by atoms with Gasteiger partial charge in [0.1, 0.15) is 6.33 Å². The first-order valence-corrected chi connectivity index (χ1v) is 9.66. The summed E-state index contributed by atoms with van der Waals surface area (Å²) in [5, 5.41) is 14.3. The topological polar surface area (TPSA) is 85.2 Å². The summed E-state index contributed by atoms with van der Waals surface area (Å²) in [4.78, 5) is 15.3. The van der Waals surface area contributed by atoms with E-state index in [9.17, 15) is 4.79 Å². The van der Waals surface area contributed by atoms with Gasteiger partial charge >= 0.3 is 0 Å². The minimum atomic E-state index is -0.0581. The summed E-state index contributed by atoms with van der Waals surface area (Å²) in [6, 6.07) is 7.35. The van der Waals surface area contributed by atoms with Gasteiger partial charge in [0.2, 0.25) is 0 Å². The number of benzene rings is 1. The monoisotopic (exact) mass is 370 g/mol. The lowest BCUT2D eigenvalue weighted by atomic mass is 9.79. The maximum Gasteiger partial charge on any atom is 0.251 e. The van der Waals surface area contributed by atoms with E-state index in [2.05, 4.69) is 25.7 Å². The fraction of sp³-hybridized carbons (Fsp3) is 0.579. The van der Waals surface area contributed by atoms with Crippen LogP contribution in [0.25, 0.3) is 5.69 Å². The van der Waals surface area contributed by atoms with E-state index in [-0.39, 0.29) is 11.3 Å². The van der Waals surface area contributed by atoms with Crippen LogP contribution in [0.5, 0.6) is 0 Å². The lowest BCUT2D eigenvalue weighted by molar-refractivity contribution is -0.000629. The number of amides is 1. The zero-order valence-electron chi connectivity index (χ0n) is 15.5. The van der Waals surface area contributed by atoms with Crippen molar-refractivity contribution in [1.82, 2.24) is 30.4 Å². The van der Waals surface area contributed by atoms with Gasteiger partial charge in [-0.1, -0.05) is 6.07 Å². The molecule has 1 aromatic carbocycles. The van der Waals surface area contributed by atoms with Gasteiger partial charge in [-0.25, -0.2) is 4.68 Å². The Hall–Kier alpha value is -2.32. The van der Waals surface area contributed by atoms with Crippen LogP contribution in [0.15, 0.2) is 30.6 Å². The first-order chi connectivity index (χ1) is 13.2. The van der Waals surface area contributed by atoms with Gasteiger partial charge in [0.05, 0.1) is 5.69 Å². The zero-order chi connectivity index (χ0) is 18.5. The smallest absolute Gasteiger partial charge is 0.251 e. The number of nitrogens with one attached hydrogen (secondary N) is 1. The largest absolute Gasteiger partial charge is 0.381 e. The van der Waals surface area contributed by atoms with E-state index in [4.69, 9.17) is 4.74 Å². The average Bonchev–Trinajstić information content (AvgIpc) is 3.41. The van der Waals surface area contributed by atoms with Crippen LogP contribution in [0.4, 0.5) is 0 Å². The molecule has 144 valence electrons. The number of aromatic nitrogens is 4. The minimum absolute atomic E-state index is 0.0581. The second-order valence-electron chi connectivity index (χ2n) is 7.58. The summed E-state index contributed by atoms with van der Waals surface area (Å²) in [6.07, 6.45) is 6.07. The van der Waals surface area contributed by atoms with Gasteiger partial charge in [0, 0.05) is 37.3 Å². The highest BCUT2D eigenvalue weighted by Gasteiger charge is 2.35. The van der Waals surface area contributed by atoms with Crippen molar-refractivity contribution >= 4 is 5.91 Å². The van der Waals surface area contributed by atoms with Crippen molar-refractivity contribution in [3.05, 3.63) is 36.2 Å². The van der Waals surface area contributed by atoms with Crippen molar-refractivity contribution in [2.45, 2.75) is 25.7 Å². The Labute approximate surface area is 158 Å². The molecule has 1 amide bonds. The first kappa shape index (κ1) is 18.1. The molecular formula is C19H26N6O2. The Balaban J connectivity index is 1.42. The molecule has 27 heavy (non-hydrogen) atoms. The molecule has 0 unspecified atom stereocenters. The van der Waals surface area contributed by atoms with Crippen LogP contribution in [-0.2, 0) is 4.74 Å². The lowest BCUT2D eigenvalue weighted by Crippen LogP contribution is -2.48. The molecule has 0 spiro atoms. The number of ether oxygens (including phenoxy) is 1. The highest BCUT2D eigenvalue weighted by Crippen LogP contribution is 2.32. The Kier molecular flexibility index (Phi) is 5.45. The van der Waals surface area contributed by atoms with Crippen LogP contribution in [0.2, 0.25) is 0 Å². The Morgan fingerprint density at radius 3 is 2.78 bits per heavy atom. The van der Waals surface area contributed by atoms with E-state index < -0.39 is 0 Å². The second-order valence-corrected chi connectivity index (χ2v) is 7.58. The number of rotatable bonds is 6. The third-order valence-corrected chi connectivity index (χ3v) is 5.66. The molecule has 8 heteroatoms. The normalized spacial score (nSPS) is 19.9. The van der Waals surface area contributed by atoms with E-state index in [0.29, 0.717) is 12.1 Å². The van der Waals surface area contributed by atoms with E-state index in [1.165, 1.54) is 32.3 Å². The molecule has 2 aliphatic heterocycles. The Morgan fingerprint density at radius 2 is 2.04 bits per heavy atom. The summed E-state index contributed by atoms with van der Waals surface area (Å²) in [7, 11) is 0. The van der Waals surface area contributed by atoms with Crippen LogP contribution in [0.1, 0.15) is 36.0 Å². The molecule has 2 aromatic rings. The summed E-state index contributed by atoms with van der Waals surface area (Å²) in [5.41, 5.74) is 1.49. The van der Waals surface area contributed by atoms with Crippen LogP contribution < -0.4 is 5.32 Å². The van der Waals surface area contributed by atoms with Crippen LogP contribution in [0.3, 0.4) is 0 Å². The van der Waals surface area contributed by atoms with Crippen molar-refractivity contribution < 1.29 is 9.53 Å². The van der Waals surface area contributed by atoms with Crippen molar-refractivity contribution in [3.63, 3.8) is 0 Å². The molecule has 2 saturated heterocycles. The zero-order valence-corrected chi connectivity index (χ0v) is 15.5. The number of hydrogen-bond donors (Lipinski definition) is 1. The van der Waals surface area contributed by atoms with E-state index in [1.54, 1.807) is 4.68 Å². The summed E-state index contributed by atoms with van der Waals surface area (Å²) in [6.45, 7) is 5.62. The predicted octanol–water partition coefficient (Wildman–Crippen LogP) is 1.28. The van der Waals surface area contributed by atoms with Crippen molar-refractivity contribution in [2.75, 3.05) is 39.4 Å². The van der Waals surface area contributed by atoms with Crippen LogP contribution in [-0.4, -0.2) is 70.4 Å². The van der Waals surface area contributed by atoms with Gasteiger partial charge in [0.25, 0.3) is 5.91 Å². The number of carbonyl (C=O) groups excluding carboxylic acids is 1. The molecule has 0 aliphatic carbocycles. The number of tetrazole rings is 1. The minimum Gasteiger partial charge on any atom is -0.381 e. The molecule has 8 nitrogen and oxygen atoms in total. The number of hydrogen-bond acceptors (Lipinski definition) is 6. The fourth-order valence-corrected chi connectivity index (χ4v) is 4.05. The summed E-state index contributed by atoms with van der Waals surface area (Å²) >= 11 is 0. The third kappa shape index (κ3) is 4.33. The highest BCUT2D eigenvalue weighted by atomic mass is 16.5. The molecule has 2 fully saturated rings. The van der Waals surface area contributed by atoms with E-state index in [1.807, 2.05) is 24.3 Å². The SMILES string of the molecule is O=C(NCC1(CN2CCCC2)CCOCC1)c1cccc(-n2cnnn2)c1. The average molecular weight is 370 g/mol. The molecule has 0 saturated carbocycles. The summed E-state index contributed by atoms with van der Waals surface area (Å²) in [5.74, 6) is -0.0581. The molecule has 1 N–H and O–H groups in total. The maximum atomic E-state index is 12.8. The fourth-order valence-electron chi connectivity index (χ4n) is 4.05. The van der Waals surface area contributed by atoms with Gasteiger partial charge in [-0.15, -0.1) is 5.10 Å². The van der Waals surface area contributed by atoms with Crippen molar-refractivity contribution in [2.24, 2.45) is 5.41 Å². The maximum absolute atomic E-state index is 12.8. The first-order valence-electron chi connectivity index (χ1n) is 9.66. The number of likely N-dealkylation sites (tertiary alicyclic amines) is 1. The summed E-state index contributed by atoms with van der Waals surface area (Å²) < 4.78 is 7.13. The van der Waals surface area contributed by atoms with Gasteiger partial charge in [-0.2, -0.15) is 0 Å². The quantitative estimate of drug-likeness (QED) is 0.825. The van der Waals surface area contributed by atoms with Crippen molar-refractivity contribution in [3.8, 4) is 5.69 Å².